The maximum Gasteiger partial charge on any atom is 0.258 e. The van der Waals surface area contributed by atoms with Gasteiger partial charge in [0, 0.05) is 30.6 Å². The van der Waals surface area contributed by atoms with Gasteiger partial charge in [-0.25, -0.2) is 5.01 Å². The standard InChI is InChI=1S/C23H21N3O3/c1-2-25(20-12-7-16-5-3-4-6-18(16)15-20)23(29)17-8-10-19(11-9-17)26-22(28)14-13-21(27)24-26/h3-12,15H,2,13-14H2,1H3,(H,24,27). The molecule has 1 heterocycles. The van der Waals surface area contributed by atoms with Gasteiger partial charge in [0.15, 0.2) is 0 Å². The Balaban J connectivity index is 1.58. The number of nitrogens with one attached hydrogen (secondary N) is 1. The van der Waals surface area contributed by atoms with E-state index in [4.69, 9.17) is 0 Å². The van der Waals surface area contributed by atoms with Crippen molar-refractivity contribution in [2.24, 2.45) is 0 Å². The summed E-state index contributed by atoms with van der Waals surface area (Å²) in [5.41, 5.74) is 4.44. The molecule has 29 heavy (non-hydrogen) atoms. The molecule has 0 aromatic heterocycles. The van der Waals surface area contributed by atoms with Crippen LogP contribution in [0.15, 0.2) is 66.7 Å². The highest BCUT2D eigenvalue weighted by atomic mass is 16.2. The van der Waals surface area contributed by atoms with Gasteiger partial charge in [0.2, 0.25) is 11.8 Å². The molecule has 1 N–H and O–H groups in total. The number of benzene rings is 3. The molecule has 4 rings (SSSR count). The zero-order valence-electron chi connectivity index (χ0n) is 16.1. The van der Waals surface area contributed by atoms with Gasteiger partial charge in [-0.2, -0.15) is 0 Å². The summed E-state index contributed by atoms with van der Waals surface area (Å²) >= 11 is 0. The number of hydrogen-bond donors (Lipinski definition) is 1. The number of carbonyl (C=O) groups is 3. The smallest absolute Gasteiger partial charge is 0.258 e. The van der Waals surface area contributed by atoms with Crippen LogP contribution in [0.5, 0.6) is 0 Å². The number of hydrazine groups is 1. The second kappa shape index (κ2) is 7.75. The number of fused-ring (bicyclic) bond motifs is 1. The van der Waals surface area contributed by atoms with Crippen LogP contribution in [-0.4, -0.2) is 24.3 Å². The van der Waals surface area contributed by atoms with Crippen LogP contribution in [0.1, 0.15) is 30.1 Å². The van der Waals surface area contributed by atoms with Gasteiger partial charge in [-0.15, -0.1) is 0 Å². The molecule has 1 saturated heterocycles. The van der Waals surface area contributed by atoms with E-state index >= 15 is 0 Å². The zero-order valence-corrected chi connectivity index (χ0v) is 16.1. The Morgan fingerprint density at radius 2 is 1.69 bits per heavy atom. The third kappa shape index (κ3) is 3.69. The average molecular weight is 387 g/mol. The molecular formula is C23H21N3O3. The summed E-state index contributed by atoms with van der Waals surface area (Å²) < 4.78 is 0. The van der Waals surface area contributed by atoms with E-state index in [1.807, 2.05) is 49.4 Å². The molecule has 3 amide bonds. The molecule has 0 unspecified atom stereocenters. The van der Waals surface area contributed by atoms with Crippen molar-refractivity contribution in [3.8, 4) is 0 Å². The van der Waals surface area contributed by atoms with Crippen LogP contribution in [0, 0.1) is 0 Å². The Bertz CT molecular complexity index is 1090. The van der Waals surface area contributed by atoms with E-state index in [2.05, 4.69) is 5.43 Å². The van der Waals surface area contributed by atoms with E-state index < -0.39 is 0 Å². The Morgan fingerprint density at radius 3 is 2.41 bits per heavy atom. The summed E-state index contributed by atoms with van der Waals surface area (Å²) in [7, 11) is 0. The second-order valence-corrected chi connectivity index (χ2v) is 6.89. The minimum Gasteiger partial charge on any atom is -0.309 e. The lowest BCUT2D eigenvalue weighted by atomic mass is 10.1. The first kappa shape index (κ1) is 18.7. The van der Waals surface area contributed by atoms with Crippen molar-refractivity contribution in [2.75, 3.05) is 16.5 Å². The predicted octanol–water partition coefficient (Wildman–Crippen LogP) is 3.66. The SMILES string of the molecule is CCN(C(=O)c1ccc(N2NC(=O)CCC2=O)cc1)c1ccc2ccccc2c1. The van der Waals surface area contributed by atoms with Gasteiger partial charge in [-0.1, -0.05) is 30.3 Å². The van der Waals surface area contributed by atoms with Crippen LogP contribution in [0.25, 0.3) is 10.8 Å². The van der Waals surface area contributed by atoms with E-state index in [1.54, 1.807) is 29.2 Å². The van der Waals surface area contributed by atoms with Crippen LogP contribution in [0.4, 0.5) is 11.4 Å². The van der Waals surface area contributed by atoms with Gasteiger partial charge in [-0.3, -0.25) is 19.8 Å². The van der Waals surface area contributed by atoms with Gasteiger partial charge >= 0.3 is 0 Å². The fourth-order valence-corrected chi connectivity index (χ4v) is 3.48. The number of rotatable bonds is 4. The lowest BCUT2D eigenvalue weighted by Crippen LogP contribution is -2.50. The maximum atomic E-state index is 13.1. The topological polar surface area (TPSA) is 69.7 Å². The van der Waals surface area contributed by atoms with E-state index in [0.29, 0.717) is 17.8 Å². The van der Waals surface area contributed by atoms with Crippen molar-refractivity contribution in [3.63, 3.8) is 0 Å². The maximum absolute atomic E-state index is 13.1. The van der Waals surface area contributed by atoms with Crippen molar-refractivity contribution in [1.82, 2.24) is 5.43 Å². The predicted molar refractivity (Wildman–Crippen MR) is 113 cm³/mol. The summed E-state index contributed by atoms with van der Waals surface area (Å²) in [6.45, 7) is 2.46. The highest BCUT2D eigenvalue weighted by molar-refractivity contribution is 6.07. The Hall–Kier alpha value is -3.67. The van der Waals surface area contributed by atoms with Crippen molar-refractivity contribution in [1.29, 1.82) is 0 Å². The van der Waals surface area contributed by atoms with Crippen LogP contribution in [-0.2, 0) is 9.59 Å². The number of nitrogens with zero attached hydrogens (tertiary/aromatic N) is 2. The molecule has 3 aromatic rings. The van der Waals surface area contributed by atoms with Crippen molar-refractivity contribution >= 4 is 39.9 Å². The van der Waals surface area contributed by atoms with Crippen LogP contribution in [0.3, 0.4) is 0 Å². The second-order valence-electron chi connectivity index (χ2n) is 6.89. The zero-order chi connectivity index (χ0) is 20.4. The van der Waals surface area contributed by atoms with Crippen LogP contribution < -0.4 is 15.3 Å². The third-order valence-corrected chi connectivity index (χ3v) is 5.03. The Labute approximate surface area is 168 Å². The molecular weight excluding hydrogens is 366 g/mol. The monoisotopic (exact) mass is 387 g/mol. The highest BCUT2D eigenvalue weighted by Gasteiger charge is 2.25. The lowest BCUT2D eigenvalue weighted by molar-refractivity contribution is -0.130. The Morgan fingerprint density at radius 1 is 0.966 bits per heavy atom. The van der Waals surface area contributed by atoms with E-state index in [-0.39, 0.29) is 30.6 Å². The molecule has 0 saturated carbocycles. The van der Waals surface area contributed by atoms with Gasteiger partial charge < -0.3 is 4.90 Å². The normalized spacial score (nSPS) is 14.0. The first-order chi connectivity index (χ1) is 14.1. The van der Waals surface area contributed by atoms with Gasteiger partial charge in [0.05, 0.1) is 5.69 Å². The number of anilines is 2. The summed E-state index contributed by atoms with van der Waals surface area (Å²) in [5.74, 6) is -0.489. The van der Waals surface area contributed by atoms with Gasteiger partial charge in [-0.05, 0) is 54.1 Å². The largest absolute Gasteiger partial charge is 0.309 e. The van der Waals surface area contributed by atoms with E-state index in [0.717, 1.165) is 16.5 Å². The summed E-state index contributed by atoms with van der Waals surface area (Å²) in [6.07, 6.45) is 0.376. The van der Waals surface area contributed by atoms with Crippen LogP contribution in [0.2, 0.25) is 0 Å². The minimum atomic E-state index is -0.196. The number of carbonyl (C=O) groups excluding carboxylic acids is 3. The molecule has 3 aromatic carbocycles. The fourth-order valence-electron chi connectivity index (χ4n) is 3.48. The lowest BCUT2D eigenvalue weighted by Gasteiger charge is -2.27. The first-order valence-electron chi connectivity index (χ1n) is 9.60. The van der Waals surface area contributed by atoms with Gasteiger partial charge in [0.25, 0.3) is 5.91 Å². The van der Waals surface area contributed by atoms with Crippen LogP contribution >= 0.6 is 0 Å². The summed E-state index contributed by atoms with van der Waals surface area (Å²) in [5, 5.41) is 3.43. The molecule has 6 nitrogen and oxygen atoms in total. The van der Waals surface area contributed by atoms with Crippen molar-refractivity contribution < 1.29 is 14.4 Å². The molecule has 0 atom stereocenters. The summed E-state index contributed by atoms with van der Waals surface area (Å²) in [4.78, 5) is 38.4. The molecule has 0 aliphatic carbocycles. The molecule has 0 bridgehead atoms. The van der Waals surface area contributed by atoms with E-state index in [9.17, 15) is 14.4 Å². The summed E-state index contributed by atoms with van der Waals surface area (Å²) in [6, 6.07) is 20.7. The molecule has 1 fully saturated rings. The molecule has 1 aliphatic rings. The fraction of sp³-hybridized carbons (Fsp3) is 0.174. The minimum absolute atomic E-state index is 0.122. The molecule has 6 heteroatoms. The van der Waals surface area contributed by atoms with E-state index in [1.165, 1.54) is 5.01 Å². The molecule has 0 spiro atoms. The number of amides is 3. The quantitative estimate of drug-likeness (QED) is 0.743. The van der Waals surface area contributed by atoms with Gasteiger partial charge in [0.1, 0.15) is 0 Å². The third-order valence-electron chi connectivity index (χ3n) is 5.03. The molecule has 146 valence electrons. The average Bonchev–Trinajstić information content (AvgIpc) is 2.76. The van der Waals surface area contributed by atoms with Crippen molar-refractivity contribution in [2.45, 2.75) is 19.8 Å². The number of hydrogen-bond acceptors (Lipinski definition) is 3. The molecule has 1 aliphatic heterocycles. The molecule has 0 radical (unpaired) electrons. The first-order valence-corrected chi connectivity index (χ1v) is 9.60. The Kier molecular flexibility index (Phi) is 4.99. The van der Waals surface area contributed by atoms with Crippen molar-refractivity contribution in [3.05, 3.63) is 72.3 Å². The highest BCUT2D eigenvalue weighted by Crippen LogP contribution is 2.24.